The molecule has 3 nitrogen and oxygen atoms in total. The predicted molar refractivity (Wildman–Crippen MR) is 85.8 cm³/mol. The molecule has 2 rings (SSSR count). The summed E-state index contributed by atoms with van der Waals surface area (Å²) < 4.78 is 6.31. The lowest BCUT2D eigenvalue weighted by Gasteiger charge is -2.26. The first-order chi connectivity index (χ1) is 9.01. The molecule has 0 aliphatic carbocycles. The molecule has 0 unspecified atom stereocenters. The number of carbonyl (C=O) groups excluding carboxylic acids is 1. The van der Waals surface area contributed by atoms with Crippen LogP contribution < -0.4 is 4.90 Å². The molecule has 0 atom stereocenters. The second-order valence-electron chi connectivity index (χ2n) is 6.73. The fourth-order valence-corrected chi connectivity index (χ4v) is 3.41. The van der Waals surface area contributed by atoms with Gasteiger partial charge in [-0.2, -0.15) is 0 Å². The molecule has 1 aliphatic rings. The maximum atomic E-state index is 12.4. The Bertz CT molecular complexity index is 564. The summed E-state index contributed by atoms with van der Waals surface area (Å²) in [6.45, 7) is 10.4. The Morgan fingerprint density at radius 2 is 2.00 bits per heavy atom. The average molecular weight is 361 g/mol. The van der Waals surface area contributed by atoms with E-state index >= 15 is 0 Å². The number of carbonyl (C=O) groups is 1. The summed E-state index contributed by atoms with van der Waals surface area (Å²) in [6, 6.07) is 3.73. The number of benzene rings is 1. The first-order valence-electron chi connectivity index (χ1n) is 6.51. The van der Waals surface area contributed by atoms with Gasteiger partial charge in [0.2, 0.25) is 0 Å². The normalized spacial score (nSPS) is 17.1. The van der Waals surface area contributed by atoms with Crippen LogP contribution in [0, 0.1) is 0 Å². The van der Waals surface area contributed by atoms with Gasteiger partial charge in [0, 0.05) is 21.5 Å². The Hall–Kier alpha value is -0.740. The molecule has 110 valence electrons. The Morgan fingerprint density at radius 3 is 2.55 bits per heavy atom. The van der Waals surface area contributed by atoms with Gasteiger partial charge in [-0.15, -0.1) is 0 Å². The van der Waals surface area contributed by atoms with Crippen molar-refractivity contribution in [1.29, 1.82) is 0 Å². The average Bonchev–Trinajstić information content (AvgIpc) is 2.49. The SMILES string of the molecule is CC(C)(C)OC(=O)N1CC(C)(C)c2cc(Cl)cc(Br)c21. The van der Waals surface area contributed by atoms with Crippen molar-refractivity contribution in [2.45, 2.75) is 45.6 Å². The first kappa shape index (κ1) is 15.6. The molecule has 1 heterocycles. The van der Waals surface area contributed by atoms with E-state index in [4.69, 9.17) is 16.3 Å². The number of halogens is 2. The monoisotopic (exact) mass is 359 g/mol. The van der Waals surface area contributed by atoms with Crippen LogP contribution in [0.3, 0.4) is 0 Å². The largest absolute Gasteiger partial charge is 0.443 e. The zero-order chi connectivity index (χ0) is 15.3. The lowest BCUT2D eigenvalue weighted by molar-refractivity contribution is 0.0579. The lowest BCUT2D eigenvalue weighted by Crippen LogP contribution is -2.38. The standard InChI is InChI=1S/C15H19BrClNO2/c1-14(2,3)20-13(19)18-8-15(4,5)10-6-9(17)7-11(16)12(10)18/h6-7H,8H2,1-5H3. The van der Waals surface area contributed by atoms with E-state index in [1.54, 1.807) is 11.0 Å². The minimum atomic E-state index is -0.511. The van der Waals surface area contributed by atoms with Crippen LogP contribution in [0.5, 0.6) is 0 Å². The maximum absolute atomic E-state index is 12.4. The highest BCUT2D eigenvalue weighted by Crippen LogP contribution is 2.46. The Labute approximate surface area is 133 Å². The van der Waals surface area contributed by atoms with Gasteiger partial charge in [0.15, 0.2) is 0 Å². The van der Waals surface area contributed by atoms with Gasteiger partial charge in [-0.05, 0) is 54.4 Å². The third-order valence-corrected chi connectivity index (χ3v) is 4.02. The molecule has 0 radical (unpaired) electrons. The molecule has 0 spiro atoms. The van der Waals surface area contributed by atoms with Gasteiger partial charge in [0.25, 0.3) is 0 Å². The fourth-order valence-electron chi connectivity index (χ4n) is 2.39. The second-order valence-corrected chi connectivity index (χ2v) is 8.02. The van der Waals surface area contributed by atoms with Crippen LogP contribution in [0.1, 0.15) is 40.2 Å². The zero-order valence-electron chi connectivity index (χ0n) is 12.4. The number of amides is 1. The fraction of sp³-hybridized carbons (Fsp3) is 0.533. The van der Waals surface area contributed by atoms with Crippen LogP contribution in [0.4, 0.5) is 10.5 Å². The number of anilines is 1. The summed E-state index contributed by atoms with van der Waals surface area (Å²) in [5.41, 5.74) is 1.25. The van der Waals surface area contributed by atoms with E-state index in [-0.39, 0.29) is 11.5 Å². The van der Waals surface area contributed by atoms with Gasteiger partial charge >= 0.3 is 6.09 Å². The van der Waals surface area contributed by atoms with Crippen LogP contribution in [0.25, 0.3) is 0 Å². The van der Waals surface area contributed by atoms with Crippen LogP contribution >= 0.6 is 27.5 Å². The second kappa shape index (κ2) is 4.92. The van der Waals surface area contributed by atoms with Crippen LogP contribution in [0.2, 0.25) is 5.02 Å². The summed E-state index contributed by atoms with van der Waals surface area (Å²) in [6.07, 6.45) is -0.327. The molecule has 20 heavy (non-hydrogen) atoms. The molecule has 0 saturated carbocycles. The molecular formula is C15H19BrClNO2. The highest BCUT2D eigenvalue weighted by atomic mass is 79.9. The van der Waals surface area contributed by atoms with Gasteiger partial charge < -0.3 is 4.74 Å². The number of rotatable bonds is 0. The zero-order valence-corrected chi connectivity index (χ0v) is 14.7. The quantitative estimate of drug-likeness (QED) is 0.641. The molecule has 5 heteroatoms. The van der Waals surface area contributed by atoms with Crippen LogP contribution in [-0.4, -0.2) is 18.2 Å². The predicted octanol–water partition coefficient (Wildman–Crippen LogP) is 5.14. The number of hydrogen-bond donors (Lipinski definition) is 0. The maximum Gasteiger partial charge on any atom is 0.414 e. The van der Waals surface area contributed by atoms with Crippen LogP contribution in [0.15, 0.2) is 16.6 Å². The molecule has 1 aromatic carbocycles. The van der Waals surface area contributed by atoms with Crippen molar-refractivity contribution in [1.82, 2.24) is 0 Å². The Morgan fingerprint density at radius 1 is 1.40 bits per heavy atom. The number of fused-ring (bicyclic) bond motifs is 1. The van der Waals surface area contributed by atoms with Crippen molar-refractivity contribution in [3.63, 3.8) is 0 Å². The summed E-state index contributed by atoms with van der Waals surface area (Å²) >= 11 is 9.63. The van der Waals surface area contributed by atoms with Crippen molar-refractivity contribution in [3.05, 3.63) is 27.2 Å². The van der Waals surface area contributed by atoms with Gasteiger partial charge in [-0.1, -0.05) is 25.4 Å². The number of hydrogen-bond acceptors (Lipinski definition) is 2. The highest BCUT2D eigenvalue weighted by molar-refractivity contribution is 9.10. The van der Waals surface area contributed by atoms with Crippen molar-refractivity contribution < 1.29 is 9.53 Å². The van der Waals surface area contributed by atoms with Gasteiger partial charge in [0.05, 0.1) is 5.69 Å². The minimum Gasteiger partial charge on any atom is -0.443 e. The third kappa shape index (κ3) is 2.96. The number of ether oxygens (including phenoxy) is 1. The Kier molecular flexibility index (Phi) is 3.85. The highest BCUT2D eigenvalue weighted by Gasteiger charge is 2.41. The molecule has 1 amide bonds. The van der Waals surface area contributed by atoms with Crippen molar-refractivity contribution in [2.75, 3.05) is 11.4 Å². The summed E-state index contributed by atoms with van der Waals surface area (Å²) in [5, 5.41) is 0.662. The van der Waals surface area contributed by atoms with Crippen molar-refractivity contribution in [3.8, 4) is 0 Å². The Balaban J connectivity index is 2.45. The van der Waals surface area contributed by atoms with Gasteiger partial charge in [0.1, 0.15) is 5.60 Å². The van der Waals surface area contributed by atoms with Crippen LogP contribution in [-0.2, 0) is 10.2 Å². The third-order valence-electron chi connectivity index (χ3n) is 3.19. The molecule has 0 fully saturated rings. The lowest BCUT2D eigenvalue weighted by atomic mass is 9.87. The smallest absolute Gasteiger partial charge is 0.414 e. The van der Waals surface area contributed by atoms with E-state index in [0.717, 1.165) is 15.7 Å². The van der Waals surface area contributed by atoms with E-state index in [1.165, 1.54) is 0 Å². The van der Waals surface area contributed by atoms with E-state index in [2.05, 4.69) is 29.8 Å². The van der Waals surface area contributed by atoms with E-state index in [1.807, 2.05) is 26.8 Å². The molecule has 1 aliphatic heterocycles. The molecule has 0 saturated heterocycles. The number of nitrogens with zero attached hydrogens (tertiary/aromatic N) is 1. The summed E-state index contributed by atoms with van der Waals surface area (Å²) in [5.74, 6) is 0. The molecule has 0 bridgehead atoms. The molecule has 1 aromatic rings. The summed E-state index contributed by atoms with van der Waals surface area (Å²) in [7, 11) is 0. The molecular weight excluding hydrogens is 342 g/mol. The van der Waals surface area contributed by atoms with Crippen molar-refractivity contribution >= 4 is 39.3 Å². The van der Waals surface area contributed by atoms with E-state index < -0.39 is 5.60 Å². The van der Waals surface area contributed by atoms with Gasteiger partial charge in [-0.25, -0.2) is 4.79 Å². The molecule has 0 aromatic heterocycles. The summed E-state index contributed by atoms with van der Waals surface area (Å²) in [4.78, 5) is 14.1. The topological polar surface area (TPSA) is 29.5 Å². The van der Waals surface area contributed by atoms with E-state index in [0.29, 0.717) is 11.6 Å². The van der Waals surface area contributed by atoms with Crippen molar-refractivity contribution in [2.24, 2.45) is 0 Å². The minimum absolute atomic E-state index is 0.153. The molecule has 0 N–H and O–H groups in total. The van der Waals surface area contributed by atoms with E-state index in [9.17, 15) is 4.79 Å². The van der Waals surface area contributed by atoms with Gasteiger partial charge in [-0.3, -0.25) is 4.90 Å². The first-order valence-corrected chi connectivity index (χ1v) is 7.68.